The Balaban J connectivity index is 3.52. The van der Waals surface area contributed by atoms with Crippen LogP contribution in [0.5, 0.6) is 0 Å². The molecule has 0 fully saturated rings. The SMILES string of the molecule is CNC(COCC(C)C)C(=O)O. The van der Waals surface area contributed by atoms with E-state index in [0.717, 1.165) is 0 Å². The van der Waals surface area contributed by atoms with Crippen molar-refractivity contribution in [1.29, 1.82) is 0 Å². The number of carboxylic acid groups (broad SMARTS) is 1. The van der Waals surface area contributed by atoms with E-state index in [1.165, 1.54) is 0 Å². The highest BCUT2D eigenvalue weighted by atomic mass is 16.5. The topological polar surface area (TPSA) is 58.6 Å². The summed E-state index contributed by atoms with van der Waals surface area (Å²) in [6, 6.07) is -0.594. The van der Waals surface area contributed by atoms with Crippen LogP contribution < -0.4 is 5.32 Å². The van der Waals surface area contributed by atoms with Gasteiger partial charge in [0.1, 0.15) is 6.04 Å². The van der Waals surface area contributed by atoms with Crippen molar-refractivity contribution in [1.82, 2.24) is 5.32 Å². The number of likely N-dealkylation sites (N-methyl/N-ethyl adjacent to an activating group) is 1. The predicted octanol–water partition coefficient (Wildman–Crippen LogP) is 0.332. The number of hydrogen-bond acceptors (Lipinski definition) is 3. The van der Waals surface area contributed by atoms with Crippen LogP contribution in [0.15, 0.2) is 0 Å². The summed E-state index contributed by atoms with van der Waals surface area (Å²) in [4.78, 5) is 10.5. The minimum absolute atomic E-state index is 0.226. The van der Waals surface area contributed by atoms with Crippen molar-refractivity contribution >= 4 is 5.97 Å². The monoisotopic (exact) mass is 175 g/mol. The predicted molar refractivity (Wildman–Crippen MR) is 46.1 cm³/mol. The van der Waals surface area contributed by atoms with E-state index in [2.05, 4.69) is 5.32 Å². The van der Waals surface area contributed by atoms with Gasteiger partial charge in [-0.25, -0.2) is 0 Å². The third-order valence-electron chi connectivity index (χ3n) is 1.38. The molecule has 0 saturated carbocycles. The second-order valence-electron chi connectivity index (χ2n) is 3.11. The van der Waals surface area contributed by atoms with Crippen LogP contribution in [0, 0.1) is 5.92 Å². The summed E-state index contributed by atoms with van der Waals surface area (Å²) in [5.41, 5.74) is 0. The standard InChI is InChI=1S/C8H17NO3/c1-6(2)4-12-5-7(9-3)8(10)11/h6-7,9H,4-5H2,1-3H3,(H,10,11). The van der Waals surface area contributed by atoms with Crippen LogP contribution in [-0.2, 0) is 9.53 Å². The van der Waals surface area contributed by atoms with Gasteiger partial charge in [-0.15, -0.1) is 0 Å². The number of ether oxygens (including phenoxy) is 1. The molecule has 12 heavy (non-hydrogen) atoms. The Bertz CT molecular complexity index is 136. The quantitative estimate of drug-likeness (QED) is 0.611. The average Bonchev–Trinajstić information content (AvgIpc) is 1.96. The Hall–Kier alpha value is -0.610. The van der Waals surface area contributed by atoms with Gasteiger partial charge in [0.15, 0.2) is 0 Å². The average molecular weight is 175 g/mol. The van der Waals surface area contributed by atoms with Crippen molar-refractivity contribution in [2.24, 2.45) is 5.92 Å². The van der Waals surface area contributed by atoms with Gasteiger partial charge in [0.05, 0.1) is 6.61 Å². The molecule has 0 rings (SSSR count). The molecule has 4 nitrogen and oxygen atoms in total. The molecule has 72 valence electrons. The molecule has 0 bridgehead atoms. The van der Waals surface area contributed by atoms with Gasteiger partial charge in [0.2, 0.25) is 0 Å². The van der Waals surface area contributed by atoms with E-state index >= 15 is 0 Å². The Morgan fingerprint density at radius 2 is 2.08 bits per heavy atom. The molecule has 4 heteroatoms. The summed E-state index contributed by atoms with van der Waals surface area (Å²) in [5.74, 6) is -0.433. The molecule has 0 radical (unpaired) electrons. The zero-order valence-electron chi connectivity index (χ0n) is 7.83. The third kappa shape index (κ3) is 5.09. The van der Waals surface area contributed by atoms with Crippen LogP contribution in [-0.4, -0.2) is 37.4 Å². The van der Waals surface area contributed by atoms with Gasteiger partial charge in [-0.1, -0.05) is 13.8 Å². The summed E-state index contributed by atoms with van der Waals surface area (Å²) in [6.45, 7) is 4.87. The van der Waals surface area contributed by atoms with Gasteiger partial charge < -0.3 is 15.2 Å². The van der Waals surface area contributed by atoms with Crippen molar-refractivity contribution in [3.05, 3.63) is 0 Å². The van der Waals surface area contributed by atoms with Gasteiger partial charge in [-0.3, -0.25) is 4.79 Å². The van der Waals surface area contributed by atoms with Crippen molar-refractivity contribution in [2.75, 3.05) is 20.3 Å². The van der Waals surface area contributed by atoms with Gasteiger partial charge in [0.25, 0.3) is 0 Å². The maximum atomic E-state index is 10.5. The lowest BCUT2D eigenvalue weighted by Gasteiger charge is -2.12. The molecular formula is C8H17NO3. The molecule has 0 saturated heterocycles. The number of carbonyl (C=O) groups is 1. The van der Waals surface area contributed by atoms with Crippen LogP contribution in [0.4, 0.5) is 0 Å². The lowest BCUT2D eigenvalue weighted by molar-refractivity contribution is -0.141. The molecule has 0 aliphatic carbocycles. The molecular weight excluding hydrogens is 158 g/mol. The lowest BCUT2D eigenvalue weighted by Crippen LogP contribution is -2.38. The highest BCUT2D eigenvalue weighted by Gasteiger charge is 2.14. The summed E-state index contributed by atoms with van der Waals surface area (Å²) in [5, 5.41) is 11.2. The second kappa shape index (κ2) is 5.97. The molecule has 0 aromatic heterocycles. The van der Waals surface area contributed by atoms with Crippen LogP contribution in [0.25, 0.3) is 0 Å². The fraction of sp³-hybridized carbons (Fsp3) is 0.875. The fourth-order valence-electron chi connectivity index (χ4n) is 0.700. The van der Waals surface area contributed by atoms with E-state index in [1.807, 2.05) is 13.8 Å². The number of aliphatic carboxylic acids is 1. The van der Waals surface area contributed by atoms with E-state index in [9.17, 15) is 4.79 Å². The number of nitrogens with one attached hydrogen (secondary N) is 1. The van der Waals surface area contributed by atoms with Gasteiger partial charge in [-0.2, -0.15) is 0 Å². The fourth-order valence-corrected chi connectivity index (χ4v) is 0.700. The molecule has 0 aromatic carbocycles. The van der Waals surface area contributed by atoms with Crippen molar-refractivity contribution < 1.29 is 14.6 Å². The molecule has 1 unspecified atom stereocenters. The molecule has 1 atom stereocenters. The van der Waals surface area contributed by atoms with Crippen molar-refractivity contribution in [2.45, 2.75) is 19.9 Å². The molecule has 0 amide bonds. The first kappa shape index (κ1) is 11.4. The Morgan fingerprint density at radius 3 is 2.42 bits per heavy atom. The summed E-state index contributed by atoms with van der Waals surface area (Å²) < 4.78 is 5.17. The summed E-state index contributed by atoms with van der Waals surface area (Å²) in [7, 11) is 1.61. The molecule has 0 aliphatic heterocycles. The molecule has 0 heterocycles. The van der Waals surface area contributed by atoms with Gasteiger partial charge in [0, 0.05) is 6.61 Å². The number of hydrogen-bond donors (Lipinski definition) is 2. The van der Waals surface area contributed by atoms with Crippen LogP contribution in [0.1, 0.15) is 13.8 Å². The minimum Gasteiger partial charge on any atom is -0.480 e. The van der Waals surface area contributed by atoms with E-state index in [0.29, 0.717) is 12.5 Å². The highest BCUT2D eigenvalue weighted by Crippen LogP contribution is 1.93. The van der Waals surface area contributed by atoms with Crippen molar-refractivity contribution in [3.63, 3.8) is 0 Å². The third-order valence-corrected chi connectivity index (χ3v) is 1.38. The number of carboxylic acids is 1. The van der Waals surface area contributed by atoms with E-state index in [4.69, 9.17) is 9.84 Å². The Morgan fingerprint density at radius 1 is 1.50 bits per heavy atom. The zero-order chi connectivity index (χ0) is 9.56. The molecule has 0 aromatic rings. The van der Waals surface area contributed by atoms with E-state index in [-0.39, 0.29) is 6.61 Å². The van der Waals surface area contributed by atoms with Crippen LogP contribution >= 0.6 is 0 Å². The maximum absolute atomic E-state index is 10.5. The normalized spacial score (nSPS) is 13.3. The summed E-state index contributed by atoms with van der Waals surface area (Å²) in [6.07, 6.45) is 0. The molecule has 0 aliphatic rings. The first-order valence-corrected chi connectivity index (χ1v) is 4.05. The highest BCUT2D eigenvalue weighted by molar-refractivity contribution is 5.73. The largest absolute Gasteiger partial charge is 0.480 e. The first-order valence-electron chi connectivity index (χ1n) is 4.05. The molecule has 0 spiro atoms. The minimum atomic E-state index is -0.874. The van der Waals surface area contributed by atoms with Crippen molar-refractivity contribution in [3.8, 4) is 0 Å². The van der Waals surface area contributed by atoms with Gasteiger partial charge >= 0.3 is 5.97 Å². The smallest absolute Gasteiger partial charge is 0.323 e. The van der Waals surface area contributed by atoms with E-state index < -0.39 is 12.0 Å². The van der Waals surface area contributed by atoms with E-state index in [1.54, 1.807) is 7.05 Å². The van der Waals surface area contributed by atoms with Crippen LogP contribution in [0.3, 0.4) is 0 Å². The Labute approximate surface area is 72.9 Å². The van der Waals surface area contributed by atoms with Crippen LogP contribution in [0.2, 0.25) is 0 Å². The summed E-state index contributed by atoms with van der Waals surface area (Å²) >= 11 is 0. The first-order chi connectivity index (χ1) is 5.57. The maximum Gasteiger partial charge on any atom is 0.323 e. The number of rotatable bonds is 6. The second-order valence-corrected chi connectivity index (χ2v) is 3.11. The zero-order valence-corrected chi connectivity index (χ0v) is 7.83. The van der Waals surface area contributed by atoms with Gasteiger partial charge in [-0.05, 0) is 13.0 Å². The molecule has 2 N–H and O–H groups in total. The lowest BCUT2D eigenvalue weighted by atomic mass is 10.2. The Kier molecular flexibility index (Phi) is 5.66.